The molecule has 0 radical (unpaired) electrons. The molecule has 1 N–H and O–H groups in total. The van der Waals surface area contributed by atoms with Crippen LogP contribution >= 0.6 is 0 Å². The maximum Gasteiger partial charge on any atom is 0.0728 e. The SMILES string of the molecule is CCCC1OCC(Cc2ccccc2)NC1CC. The largest absolute Gasteiger partial charge is 0.375 e. The van der Waals surface area contributed by atoms with Crippen molar-refractivity contribution in [1.82, 2.24) is 5.32 Å². The highest BCUT2D eigenvalue weighted by Gasteiger charge is 2.28. The Bertz CT molecular complexity index is 338. The summed E-state index contributed by atoms with van der Waals surface area (Å²) in [6.45, 7) is 5.32. The predicted octanol–water partition coefficient (Wildman–Crippen LogP) is 3.16. The molecule has 1 saturated heterocycles. The van der Waals surface area contributed by atoms with Crippen LogP contribution in [0, 0.1) is 0 Å². The molecule has 0 aliphatic carbocycles. The number of hydrogen-bond donors (Lipinski definition) is 1. The van der Waals surface area contributed by atoms with Gasteiger partial charge in [0.15, 0.2) is 0 Å². The van der Waals surface area contributed by atoms with Crippen LogP contribution in [0.3, 0.4) is 0 Å². The van der Waals surface area contributed by atoms with Crippen LogP contribution < -0.4 is 5.32 Å². The van der Waals surface area contributed by atoms with Crippen molar-refractivity contribution >= 4 is 0 Å². The summed E-state index contributed by atoms with van der Waals surface area (Å²) in [6, 6.07) is 11.7. The summed E-state index contributed by atoms with van der Waals surface area (Å²) < 4.78 is 6.04. The molecule has 0 saturated carbocycles. The average molecular weight is 247 g/mol. The quantitative estimate of drug-likeness (QED) is 0.863. The normalized spacial score (nSPS) is 28.2. The van der Waals surface area contributed by atoms with Gasteiger partial charge in [-0.2, -0.15) is 0 Å². The smallest absolute Gasteiger partial charge is 0.0728 e. The Hall–Kier alpha value is -0.860. The Morgan fingerprint density at radius 2 is 2.00 bits per heavy atom. The van der Waals surface area contributed by atoms with Crippen molar-refractivity contribution in [3.05, 3.63) is 35.9 Å². The summed E-state index contributed by atoms with van der Waals surface area (Å²) >= 11 is 0. The van der Waals surface area contributed by atoms with E-state index in [1.165, 1.54) is 18.4 Å². The zero-order valence-electron chi connectivity index (χ0n) is 11.6. The van der Waals surface area contributed by atoms with E-state index < -0.39 is 0 Å². The van der Waals surface area contributed by atoms with Gasteiger partial charge in [0.25, 0.3) is 0 Å². The van der Waals surface area contributed by atoms with E-state index in [9.17, 15) is 0 Å². The number of hydrogen-bond acceptors (Lipinski definition) is 2. The number of rotatable bonds is 5. The first-order valence-electron chi connectivity index (χ1n) is 7.25. The Morgan fingerprint density at radius 1 is 1.22 bits per heavy atom. The minimum atomic E-state index is 0.409. The van der Waals surface area contributed by atoms with Crippen LogP contribution in [0.4, 0.5) is 0 Å². The van der Waals surface area contributed by atoms with Crippen molar-refractivity contribution in [2.45, 2.75) is 57.7 Å². The third-order valence-corrected chi connectivity index (χ3v) is 3.75. The first-order chi connectivity index (χ1) is 8.83. The van der Waals surface area contributed by atoms with Gasteiger partial charge in [0.05, 0.1) is 12.7 Å². The summed E-state index contributed by atoms with van der Waals surface area (Å²) in [4.78, 5) is 0. The number of morpholine rings is 1. The highest BCUT2D eigenvalue weighted by Crippen LogP contribution is 2.18. The minimum Gasteiger partial charge on any atom is -0.375 e. The van der Waals surface area contributed by atoms with Gasteiger partial charge in [-0.05, 0) is 24.8 Å². The van der Waals surface area contributed by atoms with Crippen molar-refractivity contribution in [1.29, 1.82) is 0 Å². The van der Waals surface area contributed by atoms with Crippen LogP contribution in [0.1, 0.15) is 38.7 Å². The van der Waals surface area contributed by atoms with E-state index in [4.69, 9.17) is 4.74 Å². The summed E-state index contributed by atoms with van der Waals surface area (Å²) in [5, 5.41) is 3.76. The van der Waals surface area contributed by atoms with Crippen LogP contribution in [-0.4, -0.2) is 24.8 Å². The fourth-order valence-electron chi connectivity index (χ4n) is 2.78. The zero-order chi connectivity index (χ0) is 12.8. The van der Waals surface area contributed by atoms with Crippen molar-refractivity contribution in [3.63, 3.8) is 0 Å². The van der Waals surface area contributed by atoms with Crippen molar-refractivity contribution in [2.75, 3.05) is 6.61 Å². The molecular formula is C16H25NO. The van der Waals surface area contributed by atoms with Crippen LogP contribution in [0.25, 0.3) is 0 Å². The second kappa shape index (κ2) is 6.91. The molecule has 0 spiro atoms. The molecule has 3 atom stereocenters. The molecule has 1 aromatic carbocycles. The van der Waals surface area contributed by atoms with Gasteiger partial charge >= 0.3 is 0 Å². The van der Waals surface area contributed by atoms with Crippen LogP contribution in [0.15, 0.2) is 30.3 Å². The summed E-state index contributed by atoms with van der Waals surface area (Å²) in [5.41, 5.74) is 1.39. The maximum absolute atomic E-state index is 6.04. The van der Waals surface area contributed by atoms with E-state index in [2.05, 4.69) is 49.5 Å². The fraction of sp³-hybridized carbons (Fsp3) is 0.625. The van der Waals surface area contributed by atoms with Gasteiger partial charge < -0.3 is 10.1 Å². The Balaban J connectivity index is 1.89. The molecule has 1 fully saturated rings. The van der Waals surface area contributed by atoms with Gasteiger partial charge in [0.1, 0.15) is 0 Å². The molecule has 0 aromatic heterocycles. The fourth-order valence-corrected chi connectivity index (χ4v) is 2.78. The van der Waals surface area contributed by atoms with Crippen LogP contribution in [0.2, 0.25) is 0 Å². The van der Waals surface area contributed by atoms with Crippen molar-refractivity contribution < 1.29 is 4.74 Å². The molecule has 2 rings (SSSR count). The molecule has 18 heavy (non-hydrogen) atoms. The number of benzene rings is 1. The first-order valence-corrected chi connectivity index (χ1v) is 7.25. The second-order valence-corrected chi connectivity index (χ2v) is 5.23. The Labute approximate surface area is 111 Å². The first kappa shape index (κ1) is 13.6. The van der Waals surface area contributed by atoms with Gasteiger partial charge in [-0.1, -0.05) is 50.6 Å². The van der Waals surface area contributed by atoms with Gasteiger partial charge in [-0.25, -0.2) is 0 Å². The van der Waals surface area contributed by atoms with E-state index in [-0.39, 0.29) is 0 Å². The van der Waals surface area contributed by atoms with Crippen LogP contribution in [-0.2, 0) is 11.2 Å². The highest BCUT2D eigenvalue weighted by molar-refractivity contribution is 5.16. The Kier molecular flexibility index (Phi) is 5.21. The molecule has 2 nitrogen and oxygen atoms in total. The maximum atomic E-state index is 6.04. The van der Waals surface area contributed by atoms with E-state index in [0.717, 1.165) is 19.4 Å². The minimum absolute atomic E-state index is 0.409. The molecule has 0 amide bonds. The third kappa shape index (κ3) is 3.56. The van der Waals surface area contributed by atoms with Crippen molar-refractivity contribution in [2.24, 2.45) is 0 Å². The highest BCUT2D eigenvalue weighted by atomic mass is 16.5. The van der Waals surface area contributed by atoms with E-state index in [0.29, 0.717) is 18.2 Å². The lowest BCUT2D eigenvalue weighted by atomic mass is 9.98. The molecule has 3 unspecified atom stereocenters. The average Bonchev–Trinajstić information content (AvgIpc) is 2.42. The number of ether oxygens (including phenoxy) is 1. The molecular weight excluding hydrogens is 222 g/mol. The van der Waals surface area contributed by atoms with Crippen LogP contribution in [0.5, 0.6) is 0 Å². The summed E-state index contributed by atoms with van der Waals surface area (Å²) in [7, 11) is 0. The monoisotopic (exact) mass is 247 g/mol. The molecule has 1 aromatic rings. The standard InChI is InChI=1S/C16H25NO/c1-3-8-16-15(4-2)17-14(12-18-16)11-13-9-6-5-7-10-13/h5-7,9-10,14-17H,3-4,8,11-12H2,1-2H3. The summed E-state index contributed by atoms with van der Waals surface area (Å²) in [5.74, 6) is 0. The molecule has 0 bridgehead atoms. The summed E-state index contributed by atoms with van der Waals surface area (Å²) in [6.07, 6.45) is 4.99. The van der Waals surface area contributed by atoms with Gasteiger partial charge in [-0.3, -0.25) is 0 Å². The zero-order valence-corrected chi connectivity index (χ0v) is 11.6. The van der Waals surface area contributed by atoms with E-state index >= 15 is 0 Å². The Morgan fingerprint density at radius 3 is 2.67 bits per heavy atom. The molecule has 1 aliphatic rings. The number of nitrogens with one attached hydrogen (secondary N) is 1. The topological polar surface area (TPSA) is 21.3 Å². The van der Waals surface area contributed by atoms with Crippen molar-refractivity contribution in [3.8, 4) is 0 Å². The molecule has 2 heteroatoms. The lowest BCUT2D eigenvalue weighted by molar-refractivity contribution is -0.0326. The van der Waals surface area contributed by atoms with Gasteiger partial charge in [0.2, 0.25) is 0 Å². The third-order valence-electron chi connectivity index (χ3n) is 3.75. The van der Waals surface area contributed by atoms with Gasteiger partial charge in [0, 0.05) is 12.1 Å². The second-order valence-electron chi connectivity index (χ2n) is 5.23. The van der Waals surface area contributed by atoms with E-state index in [1.54, 1.807) is 0 Å². The molecule has 1 aliphatic heterocycles. The predicted molar refractivity (Wildman–Crippen MR) is 75.8 cm³/mol. The lowest BCUT2D eigenvalue weighted by Gasteiger charge is -2.37. The van der Waals surface area contributed by atoms with E-state index in [1.807, 2.05) is 0 Å². The van der Waals surface area contributed by atoms with Gasteiger partial charge in [-0.15, -0.1) is 0 Å². The lowest BCUT2D eigenvalue weighted by Crippen LogP contribution is -2.54. The molecule has 100 valence electrons. The molecule has 1 heterocycles.